The van der Waals surface area contributed by atoms with Crippen LogP contribution in [0.15, 0.2) is 125 Å². The largest absolute Gasteiger partial charge is 0.497 e. The standard InChI is InChI=1S/C39H40N2O9/c1-26-23-41(36(45)40-34(26)44)35-33(43)38(46,22-27-10-6-4-7-11-27)37(24-42,50-35)25-49-39(28-12-8-5-9-13-28,29-14-18-31(47-2)19-15-29)30-16-20-32(48-3)21-17-30/h4-21,23,33,35,42-43,46H,22,24-25H2,1-3H3,(H,40,44,45)/t33-,35+,37-,38+/m0/s1. The van der Waals surface area contributed by atoms with Gasteiger partial charge in [0.2, 0.25) is 0 Å². The summed E-state index contributed by atoms with van der Waals surface area (Å²) in [6.07, 6.45) is -2.17. The summed E-state index contributed by atoms with van der Waals surface area (Å²) in [5.41, 5.74) is -4.10. The third-order valence-electron chi connectivity index (χ3n) is 9.58. The molecule has 2 heterocycles. The number of nitrogens with one attached hydrogen (secondary N) is 1. The van der Waals surface area contributed by atoms with E-state index >= 15 is 0 Å². The predicted octanol–water partition coefficient (Wildman–Crippen LogP) is 3.47. The van der Waals surface area contributed by atoms with Crippen molar-refractivity contribution in [1.82, 2.24) is 9.55 Å². The fourth-order valence-electron chi connectivity index (χ4n) is 6.74. The molecule has 6 rings (SSSR count). The molecule has 0 unspecified atom stereocenters. The molecule has 4 aromatic carbocycles. The molecule has 1 aliphatic heterocycles. The summed E-state index contributed by atoms with van der Waals surface area (Å²) >= 11 is 0. The number of ether oxygens (including phenoxy) is 4. The fraction of sp³-hybridized carbons (Fsp3) is 0.282. The van der Waals surface area contributed by atoms with Crippen LogP contribution in [-0.4, -0.2) is 69.6 Å². The number of aryl methyl sites for hydroxylation is 1. The number of hydrogen-bond donors (Lipinski definition) is 4. The lowest BCUT2D eigenvalue weighted by Gasteiger charge is -2.44. The SMILES string of the molecule is COc1ccc(C(OC[C@]2(CO)O[C@@H](n3cc(C)c(=O)[nH]c3=O)[C@H](O)[C@]2(O)Cc2ccccc2)(c2ccccc2)c2ccc(OC)cc2)cc1. The number of aromatic amines is 1. The second-order valence-corrected chi connectivity index (χ2v) is 12.5. The molecule has 11 nitrogen and oxygen atoms in total. The molecule has 1 aliphatic rings. The van der Waals surface area contributed by atoms with Gasteiger partial charge in [-0.15, -0.1) is 0 Å². The van der Waals surface area contributed by atoms with E-state index in [0.29, 0.717) is 28.2 Å². The highest BCUT2D eigenvalue weighted by molar-refractivity contribution is 5.50. The number of aliphatic hydroxyl groups excluding tert-OH is 2. The third-order valence-corrected chi connectivity index (χ3v) is 9.58. The van der Waals surface area contributed by atoms with E-state index in [9.17, 15) is 24.9 Å². The van der Waals surface area contributed by atoms with Gasteiger partial charge in [-0.25, -0.2) is 4.79 Å². The average molecular weight is 681 g/mol. The van der Waals surface area contributed by atoms with Crippen LogP contribution in [0.2, 0.25) is 0 Å². The Balaban J connectivity index is 1.54. The van der Waals surface area contributed by atoms with Gasteiger partial charge in [0.25, 0.3) is 5.56 Å². The maximum atomic E-state index is 13.1. The van der Waals surface area contributed by atoms with Crippen LogP contribution in [0, 0.1) is 6.92 Å². The summed E-state index contributed by atoms with van der Waals surface area (Å²) in [5.74, 6) is 1.25. The molecule has 0 spiro atoms. The minimum Gasteiger partial charge on any atom is -0.497 e. The Hall–Kier alpha value is -5.04. The molecule has 0 aliphatic carbocycles. The van der Waals surface area contributed by atoms with Gasteiger partial charge in [-0.3, -0.25) is 14.3 Å². The number of H-pyrrole nitrogens is 1. The molecule has 1 aromatic heterocycles. The summed E-state index contributed by atoms with van der Waals surface area (Å²) in [6, 6.07) is 33.1. The second-order valence-electron chi connectivity index (χ2n) is 12.5. The molecule has 1 saturated heterocycles. The first kappa shape index (κ1) is 34.8. The Bertz CT molecular complexity index is 1970. The third kappa shape index (κ3) is 6.03. The average Bonchev–Trinajstić information content (AvgIpc) is 3.36. The maximum Gasteiger partial charge on any atom is 0.330 e. The number of aliphatic hydroxyl groups is 3. The molecule has 260 valence electrons. The lowest BCUT2D eigenvalue weighted by Crippen LogP contribution is -2.63. The smallest absolute Gasteiger partial charge is 0.330 e. The van der Waals surface area contributed by atoms with Crippen LogP contribution in [0.4, 0.5) is 0 Å². The van der Waals surface area contributed by atoms with Gasteiger partial charge in [0, 0.05) is 18.2 Å². The molecule has 4 N–H and O–H groups in total. The van der Waals surface area contributed by atoms with Crippen LogP contribution in [0.25, 0.3) is 0 Å². The summed E-state index contributed by atoms with van der Waals surface area (Å²) in [5, 5.41) is 35.9. The number of benzene rings is 4. The lowest BCUT2D eigenvalue weighted by molar-refractivity contribution is -0.209. The number of methoxy groups -OCH3 is 2. The zero-order valence-electron chi connectivity index (χ0n) is 28.0. The first-order chi connectivity index (χ1) is 24.1. The van der Waals surface area contributed by atoms with Crippen molar-refractivity contribution < 1.29 is 34.3 Å². The van der Waals surface area contributed by atoms with Crippen LogP contribution in [0.5, 0.6) is 11.5 Å². The van der Waals surface area contributed by atoms with Gasteiger partial charge in [0.15, 0.2) is 6.23 Å². The van der Waals surface area contributed by atoms with Gasteiger partial charge in [0.1, 0.15) is 34.4 Å². The zero-order chi connectivity index (χ0) is 35.5. The zero-order valence-corrected chi connectivity index (χ0v) is 28.0. The normalized spacial score (nSPS) is 22.0. The van der Waals surface area contributed by atoms with Crippen LogP contribution in [-0.2, 0) is 21.5 Å². The second kappa shape index (κ2) is 14.1. The van der Waals surface area contributed by atoms with Crippen molar-refractivity contribution >= 4 is 0 Å². The lowest BCUT2D eigenvalue weighted by atomic mass is 9.76. The van der Waals surface area contributed by atoms with Gasteiger partial charge in [0.05, 0.1) is 27.4 Å². The number of nitrogens with zero attached hydrogens (tertiary/aromatic N) is 1. The molecule has 0 saturated carbocycles. The van der Waals surface area contributed by atoms with E-state index in [1.165, 1.54) is 13.1 Å². The van der Waals surface area contributed by atoms with E-state index in [4.69, 9.17) is 18.9 Å². The maximum absolute atomic E-state index is 13.1. The Morgan fingerprint density at radius 1 is 0.820 bits per heavy atom. The van der Waals surface area contributed by atoms with Gasteiger partial charge < -0.3 is 34.3 Å². The first-order valence-corrected chi connectivity index (χ1v) is 16.1. The van der Waals surface area contributed by atoms with E-state index in [1.54, 1.807) is 38.5 Å². The molecule has 4 atom stereocenters. The Labute approximate surface area is 288 Å². The Kier molecular flexibility index (Phi) is 9.79. The van der Waals surface area contributed by atoms with E-state index < -0.39 is 53.6 Å². The predicted molar refractivity (Wildman–Crippen MR) is 185 cm³/mol. The van der Waals surface area contributed by atoms with E-state index in [-0.39, 0.29) is 12.0 Å². The highest BCUT2D eigenvalue weighted by atomic mass is 16.6. The molecule has 0 bridgehead atoms. The van der Waals surface area contributed by atoms with Crippen LogP contribution in [0.3, 0.4) is 0 Å². The number of rotatable bonds is 12. The van der Waals surface area contributed by atoms with E-state index in [2.05, 4.69) is 4.98 Å². The van der Waals surface area contributed by atoms with Crippen molar-refractivity contribution in [3.63, 3.8) is 0 Å². The fourth-order valence-corrected chi connectivity index (χ4v) is 6.74. The van der Waals surface area contributed by atoms with Gasteiger partial charge in [-0.2, -0.15) is 0 Å². The quantitative estimate of drug-likeness (QED) is 0.145. The summed E-state index contributed by atoms with van der Waals surface area (Å²) in [4.78, 5) is 27.6. The molecule has 50 heavy (non-hydrogen) atoms. The highest BCUT2D eigenvalue weighted by Gasteiger charge is 2.66. The van der Waals surface area contributed by atoms with Crippen molar-refractivity contribution in [2.24, 2.45) is 0 Å². The minimum atomic E-state index is -2.21. The van der Waals surface area contributed by atoms with Crippen molar-refractivity contribution in [1.29, 1.82) is 0 Å². The topological polar surface area (TPSA) is 152 Å². The Morgan fingerprint density at radius 3 is 1.86 bits per heavy atom. The molecule has 5 aromatic rings. The first-order valence-electron chi connectivity index (χ1n) is 16.1. The van der Waals surface area contributed by atoms with Crippen molar-refractivity contribution in [3.05, 3.63) is 164 Å². The molecule has 11 heteroatoms. The molecule has 0 amide bonds. The number of aromatic nitrogens is 2. The van der Waals surface area contributed by atoms with Crippen LogP contribution < -0.4 is 20.7 Å². The summed E-state index contributed by atoms with van der Waals surface area (Å²) in [7, 11) is 3.15. The van der Waals surface area contributed by atoms with Crippen LogP contribution >= 0.6 is 0 Å². The van der Waals surface area contributed by atoms with E-state index in [1.807, 2.05) is 84.9 Å². The number of hydrogen-bond acceptors (Lipinski definition) is 9. The van der Waals surface area contributed by atoms with Gasteiger partial charge in [-0.1, -0.05) is 84.9 Å². The highest BCUT2D eigenvalue weighted by Crippen LogP contribution is 2.49. The van der Waals surface area contributed by atoms with Gasteiger partial charge in [-0.05, 0) is 53.4 Å². The Morgan fingerprint density at radius 2 is 1.34 bits per heavy atom. The monoisotopic (exact) mass is 680 g/mol. The van der Waals surface area contributed by atoms with Crippen molar-refractivity contribution in [3.8, 4) is 11.5 Å². The van der Waals surface area contributed by atoms with E-state index in [0.717, 1.165) is 10.1 Å². The molecular weight excluding hydrogens is 640 g/mol. The van der Waals surface area contributed by atoms with Crippen molar-refractivity contribution in [2.45, 2.75) is 42.5 Å². The van der Waals surface area contributed by atoms with Crippen molar-refractivity contribution in [2.75, 3.05) is 27.4 Å². The van der Waals surface area contributed by atoms with Crippen LogP contribution in [0.1, 0.15) is 34.0 Å². The van der Waals surface area contributed by atoms with Gasteiger partial charge >= 0.3 is 5.69 Å². The molecule has 0 radical (unpaired) electrons. The summed E-state index contributed by atoms with van der Waals surface area (Å²) < 4.78 is 25.5. The molecular formula is C39H40N2O9. The summed E-state index contributed by atoms with van der Waals surface area (Å²) in [6.45, 7) is 0.230. The minimum absolute atomic E-state index is 0.171. The molecule has 1 fully saturated rings.